The zero-order chi connectivity index (χ0) is 57.1. The molecule has 13 rings (SSSR count). The van der Waals surface area contributed by atoms with Crippen LogP contribution in [0, 0.1) is 24.2 Å². The summed E-state index contributed by atoms with van der Waals surface area (Å²) in [6.45, 7) is 17.5. The van der Waals surface area contributed by atoms with E-state index in [0.717, 1.165) is 105 Å². The Balaban J connectivity index is 0.511. The lowest BCUT2D eigenvalue weighted by Crippen LogP contribution is -2.64. The van der Waals surface area contributed by atoms with Gasteiger partial charge >= 0.3 is 0 Å². The number of para-hydroxylation sites is 1. The Hall–Kier alpha value is -5.70. The monoisotopic (exact) mass is 1150 g/mol. The minimum Gasteiger partial charge on any atom is -0.507 e. The van der Waals surface area contributed by atoms with Gasteiger partial charge in [-0.1, -0.05) is 55.4 Å². The number of aryl methyl sites for hydroxylation is 1. The average molecular weight is 1150 g/mol. The second-order valence-corrected chi connectivity index (χ2v) is 27.3. The highest BCUT2D eigenvalue weighted by Crippen LogP contribution is 2.54. The summed E-state index contributed by atoms with van der Waals surface area (Å²) in [5.41, 5.74) is 14.1. The molecule has 2 unspecified atom stereocenters. The first-order chi connectivity index (χ1) is 40.2. The van der Waals surface area contributed by atoms with Gasteiger partial charge in [-0.25, -0.2) is 4.98 Å². The van der Waals surface area contributed by atoms with Crippen LogP contribution in [-0.2, 0) is 14.3 Å². The number of phenolic OH excluding ortho intramolecular Hbond substituents is 1. The van der Waals surface area contributed by atoms with Crippen molar-refractivity contribution in [2.24, 2.45) is 17.3 Å². The van der Waals surface area contributed by atoms with E-state index in [1.165, 1.54) is 64.5 Å². The molecule has 2 aliphatic carbocycles. The molecular formula is C64H86N12O6S. The molecule has 1 spiro atoms. The van der Waals surface area contributed by atoms with Gasteiger partial charge in [0.15, 0.2) is 17.4 Å². The number of piperazine rings is 1. The molecule has 2 amide bonds. The Kier molecular flexibility index (Phi) is 16.1. The van der Waals surface area contributed by atoms with Crippen LogP contribution >= 0.6 is 11.3 Å². The van der Waals surface area contributed by atoms with Gasteiger partial charge in [-0.05, 0) is 151 Å². The van der Waals surface area contributed by atoms with Gasteiger partial charge in [0.05, 0.1) is 51.8 Å². The Morgan fingerprint density at radius 2 is 1.55 bits per heavy atom. The molecule has 0 radical (unpaired) electrons. The van der Waals surface area contributed by atoms with Gasteiger partial charge in [-0.2, -0.15) is 0 Å². The number of aliphatic hydroxyl groups excluding tert-OH is 1. The minimum atomic E-state index is -0.792. The third-order valence-electron chi connectivity index (χ3n) is 20.8. The number of nitrogens with zero attached hydrogens (tertiary/aromatic N) is 10. The Morgan fingerprint density at radius 3 is 2.24 bits per heavy atom. The number of carbonyl (C=O) groups is 2. The standard InChI is InChI=1S/C64H86N12O6S/c1-39(2)59(63(80)75-37-49(77)29-55(75)62(79)67-40(3)43-9-11-44(12-10-43)60-41(4)66-38-83-60)57-31-58(70-82-57)73-23-15-42(16-24-73)34-71-21-17-50(18-22-71)81-51-27-47(28-51)72-25-19-64(20-26-72)32-48(33-64)76-45-13-14-46(76)36-74(35-45)54-30-53(68-69-61(54)65)52-7-5-6-8-56(52)78/h5-12,30-31,38-40,42,45-51,55,59,77-78H,13-29,32-37H2,1-4H3,(H2,65,69)(H,67,79)/t40-,45?,46?,47-,49+,51-,55-,59+/m0/s1. The van der Waals surface area contributed by atoms with Crippen LogP contribution in [0.4, 0.5) is 17.3 Å². The number of rotatable bonds is 16. The smallest absolute Gasteiger partial charge is 0.243 e. The Morgan fingerprint density at radius 1 is 0.831 bits per heavy atom. The summed E-state index contributed by atoms with van der Waals surface area (Å²) in [7, 11) is 0. The van der Waals surface area contributed by atoms with E-state index in [1.807, 2.05) is 75.7 Å². The van der Waals surface area contributed by atoms with E-state index < -0.39 is 18.1 Å². The zero-order valence-corrected chi connectivity index (χ0v) is 49.8. The van der Waals surface area contributed by atoms with Crippen molar-refractivity contribution in [1.29, 1.82) is 0 Å². The van der Waals surface area contributed by atoms with Crippen LogP contribution in [0.15, 0.2) is 70.7 Å². The van der Waals surface area contributed by atoms with E-state index >= 15 is 0 Å². The normalized spacial score (nSPS) is 27.3. The molecule has 6 atom stereocenters. The van der Waals surface area contributed by atoms with E-state index in [9.17, 15) is 19.8 Å². The number of benzene rings is 2. The summed E-state index contributed by atoms with van der Waals surface area (Å²) in [6, 6.07) is 20.7. The van der Waals surface area contributed by atoms with E-state index in [2.05, 4.69) is 62.3 Å². The molecule has 3 aromatic heterocycles. The lowest BCUT2D eigenvalue weighted by atomic mass is 9.59. The van der Waals surface area contributed by atoms with Crippen LogP contribution in [-0.4, -0.2) is 176 Å². The van der Waals surface area contributed by atoms with Crippen molar-refractivity contribution in [3.8, 4) is 27.4 Å². The van der Waals surface area contributed by atoms with E-state index in [1.54, 1.807) is 22.3 Å². The number of nitrogen functional groups attached to an aromatic ring is 1. The first-order valence-corrected chi connectivity index (χ1v) is 32.2. The number of hydrogen-bond donors (Lipinski definition) is 4. The van der Waals surface area contributed by atoms with Crippen LogP contribution in [0.1, 0.15) is 133 Å². The fourth-order valence-electron chi connectivity index (χ4n) is 16.0. The van der Waals surface area contributed by atoms with E-state index in [4.69, 9.17) is 15.0 Å². The molecule has 9 heterocycles. The number of carbonyl (C=O) groups excluding carboxylic acids is 2. The third kappa shape index (κ3) is 11.6. The fourth-order valence-corrected chi connectivity index (χ4v) is 16.8. The summed E-state index contributed by atoms with van der Waals surface area (Å²) >= 11 is 1.61. The van der Waals surface area contributed by atoms with Crippen molar-refractivity contribution in [3.63, 3.8) is 0 Å². The van der Waals surface area contributed by atoms with E-state index in [0.29, 0.717) is 70.5 Å². The number of piperidine rings is 3. The van der Waals surface area contributed by atoms with Gasteiger partial charge in [0.25, 0.3) is 0 Å². The van der Waals surface area contributed by atoms with E-state index in [-0.39, 0.29) is 42.5 Å². The predicted molar refractivity (Wildman–Crippen MR) is 322 cm³/mol. The molecule has 6 saturated heterocycles. The number of ether oxygens (including phenoxy) is 1. The van der Waals surface area contributed by atoms with Gasteiger partial charge in [0.1, 0.15) is 17.7 Å². The highest BCUT2D eigenvalue weighted by Gasteiger charge is 2.54. The second kappa shape index (κ2) is 23.6. The molecule has 2 aromatic carbocycles. The van der Waals surface area contributed by atoms with Crippen LogP contribution in [0.25, 0.3) is 21.7 Å². The van der Waals surface area contributed by atoms with Crippen molar-refractivity contribution in [2.75, 3.05) is 81.0 Å². The molecule has 2 saturated carbocycles. The quantitative estimate of drug-likeness (QED) is 0.0734. The highest BCUT2D eigenvalue weighted by molar-refractivity contribution is 7.13. The molecule has 2 bridgehead atoms. The lowest BCUT2D eigenvalue weighted by Gasteiger charge is -2.59. The number of thiazole rings is 1. The molecule has 444 valence electrons. The van der Waals surface area contributed by atoms with Crippen LogP contribution in [0.3, 0.4) is 0 Å². The number of likely N-dealkylation sites (tertiary alicyclic amines) is 3. The average Bonchev–Trinajstić information content (AvgIpc) is 4.30. The predicted octanol–water partition coefficient (Wildman–Crippen LogP) is 8.26. The molecule has 5 aromatic rings. The van der Waals surface area contributed by atoms with Gasteiger partial charge < -0.3 is 55.0 Å². The molecular weight excluding hydrogens is 1060 g/mol. The Bertz CT molecular complexity index is 3050. The van der Waals surface area contributed by atoms with Crippen molar-refractivity contribution in [1.82, 2.24) is 45.3 Å². The first-order valence-electron chi connectivity index (χ1n) is 31.3. The molecule has 8 fully saturated rings. The summed E-state index contributed by atoms with van der Waals surface area (Å²) in [5, 5.41) is 37.6. The maximum absolute atomic E-state index is 14.4. The van der Waals surface area contributed by atoms with Gasteiger partial charge in [0.2, 0.25) is 11.8 Å². The van der Waals surface area contributed by atoms with Crippen LogP contribution in [0.2, 0.25) is 0 Å². The highest BCUT2D eigenvalue weighted by atomic mass is 32.1. The summed E-state index contributed by atoms with van der Waals surface area (Å²) in [6.07, 6.45) is 14.7. The lowest BCUT2D eigenvalue weighted by molar-refractivity contribution is -0.141. The summed E-state index contributed by atoms with van der Waals surface area (Å²) in [4.78, 5) is 48.4. The van der Waals surface area contributed by atoms with Crippen molar-refractivity contribution < 1.29 is 29.1 Å². The van der Waals surface area contributed by atoms with Crippen molar-refractivity contribution >= 4 is 40.5 Å². The maximum Gasteiger partial charge on any atom is 0.243 e. The number of anilines is 3. The topological polar surface area (TPSA) is 206 Å². The zero-order valence-electron chi connectivity index (χ0n) is 49.0. The second-order valence-electron chi connectivity index (χ2n) is 26.5. The Labute approximate surface area is 493 Å². The number of phenols is 1. The number of fused-ring (bicyclic) bond motifs is 2. The summed E-state index contributed by atoms with van der Waals surface area (Å²) in [5.74, 6) is 1.30. The number of aromatic hydroxyl groups is 1. The molecule has 83 heavy (non-hydrogen) atoms. The summed E-state index contributed by atoms with van der Waals surface area (Å²) < 4.78 is 12.8. The third-order valence-corrected chi connectivity index (χ3v) is 21.8. The minimum absolute atomic E-state index is 0.0962. The number of aromatic nitrogens is 4. The number of nitrogens with two attached hydrogens (primary N) is 1. The fraction of sp³-hybridized carbons (Fsp3) is 0.625. The number of β-amino-alcohol motifs (C(OH)–C–C–N with tert-alkyl or cyclic N) is 1. The number of aliphatic hydroxyl groups is 1. The molecule has 6 aliphatic heterocycles. The molecule has 5 N–H and O–H groups in total. The van der Waals surface area contributed by atoms with Crippen molar-refractivity contribution in [2.45, 2.75) is 172 Å². The van der Waals surface area contributed by atoms with Crippen LogP contribution < -0.4 is 20.9 Å². The number of amides is 2. The molecule has 19 heteroatoms. The van der Waals surface area contributed by atoms with Gasteiger partial charge in [-0.15, -0.1) is 21.5 Å². The number of hydrogen-bond acceptors (Lipinski definition) is 17. The SMILES string of the molecule is Cc1ncsc1-c1ccc([C@H](C)NC(=O)[C@@H]2C[C@@H](O)CN2C(=O)[C@@H](c2cc(N3CCC(CN4CCC(O[C@H]5C[C@H](N6CCC7(CC6)CC(N6C8CCC6CN(c6cc(-c9ccccc9O)nnc6N)C8)C7)C5)CC4)CC3)no2)C(C)C)cc1. The van der Waals surface area contributed by atoms with Gasteiger partial charge in [0, 0.05) is 94.6 Å². The molecule has 18 nitrogen and oxygen atoms in total. The molecule has 8 aliphatic rings. The van der Waals surface area contributed by atoms with Crippen LogP contribution in [0.5, 0.6) is 5.75 Å². The van der Waals surface area contributed by atoms with Gasteiger partial charge in [-0.3, -0.25) is 14.5 Å². The van der Waals surface area contributed by atoms with Crippen molar-refractivity contribution in [3.05, 3.63) is 83.2 Å². The first kappa shape index (κ1) is 56.4. The maximum atomic E-state index is 14.4. The number of nitrogens with one attached hydrogen (secondary N) is 1. The largest absolute Gasteiger partial charge is 0.507 e.